The van der Waals surface area contributed by atoms with Crippen molar-refractivity contribution in [3.63, 3.8) is 0 Å². The molecule has 0 unspecified atom stereocenters. The molecule has 0 radical (unpaired) electrons. The Balaban J connectivity index is 1.29. The van der Waals surface area contributed by atoms with Crippen molar-refractivity contribution < 1.29 is 0 Å². The summed E-state index contributed by atoms with van der Waals surface area (Å²) in [5.41, 5.74) is 12.2. The zero-order chi connectivity index (χ0) is 31.6. The van der Waals surface area contributed by atoms with Crippen LogP contribution in [0.1, 0.15) is 0 Å². The summed E-state index contributed by atoms with van der Waals surface area (Å²) in [6, 6.07) is 57.2. The second kappa shape index (κ2) is 10.5. The summed E-state index contributed by atoms with van der Waals surface area (Å²) in [7, 11) is 0. The van der Waals surface area contributed by atoms with E-state index in [4.69, 9.17) is 15.0 Å². The summed E-state index contributed by atoms with van der Waals surface area (Å²) in [4.78, 5) is 15.6. The van der Waals surface area contributed by atoms with Crippen LogP contribution in [0.25, 0.3) is 89.0 Å². The molecule has 4 aromatic heterocycles. The fraction of sp³-hybridized carbons (Fsp3) is 0. The van der Waals surface area contributed by atoms with Gasteiger partial charge in [0.25, 0.3) is 0 Å². The molecular weight excluding hydrogens is 587 g/mol. The number of hydrogen-bond acceptors (Lipinski definition) is 3. The highest BCUT2D eigenvalue weighted by molar-refractivity contribution is 6.10. The Kier molecular flexibility index (Phi) is 5.81. The van der Waals surface area contributed by atoms with Crippen LogP contribution in [0.4, 0.5) is 0 Å². The molecule has 0 N–H and O–H groups in total. The minimum Gasteiger partial charge on any atom is -0.279 e. The fourth-order valence-corrected chi connectivity index (χ4v) is 7.05. The van der Waals surface area contributed by atoms with Gasteiger partial charge in [-0.05, 0) is 59.7 Å². The van der Waals surface area contributed by atoms with Crippen LogP contribution in [-0.2, 0) is 0 Å². The number of benzene rings is 6. The molecule has 0 spiro atoms. The molecule has 0 atom stereocenters. The average molecular weight is 614 g/mol. The van der Waals surface area contributed by atoms with Crippen molar-refractivity contribution in [2.24, 2.45) is 0 Å². The molecule has 5 heteroatoms. The molecule has 0 aliphatic rings. The largest absolute Gasteiger partial charge is 0.279 e. The minimum atomic E-state index is 0.811. The normalized spacial score (nSPS) is 11.8. The van der Waals surface area contributed by atoms with E-state index in [0.717, 1.165) is 78.2 Å². The lowest BCUT2D eigenvalue weighted by molar-refractivity contribution is 0.979. The quantitative estimate of drug-likeness (QED) is 0.198. The van der Waals surface area contributed by atoms with Gasteiger partial charge in [-0.15, -0.1) is 0 Å². The maximum absolute atomic E-state index is 5.35. The predicted octanol–water partition coefficient (Wildman–Crippen LogP) is 10.5. The van der Waals surface area contributed by atoms with E-state index in [2.05, 4.69) is 148 Å². The van der Waals surface area contributed by atoms with Gasteiger partial charge < -0.3 is 0 Å². The molecule has 48 heavy (non-hydrogen) atoms. The van der Waals surface area contributed by atoms with Crippen LogP contribution < -0.4 is 0 Å². The van der Waals surface area contributed by atoms with Crippen molar-refractivity contribution in [1.29, 1.82) is 0 Å². The molecule has 0 amide bonds. The van der Waals surface area contributed by atoms with Crippen LogP contribution in [0.5, 0.6) is 0 Å². The molecule has 0 saturated heterocycles. The maximum Gasteiger partial charge on any atom is 0.221 e. The minimum absolute atomic E-state index is 0.811. The summed E-state index contributed by atoms with van der Waals surface area (Å²) >= 11 is 0. The lowest BCUT2D eigenvalue weighted by atomic mass is 9.99. The molecule has 0 aliphatic carbocycles. The van der Waals surface area contributed by atoms with Gasteiger partial charge in [0, 0.05) is 27.3 Å². The lowest BCUT2D eigenvalue weighted by Gasteiger charge is -2.13. The van der Waals surface area contributed by atoms with Gasteiger partial charge in [0.2, 0.25) is 5.95 Å². The molecule has 0 fully saturated rings. The van der Waals surface area contributed by atoms with E-state index in [-0.39, 0.29) is 0 Å². The van der Waals surface area contributed by atoms with Crippen LogP contribution in [-0.4, -0.2) is 23.9 Å². The molecule has 0 bridgehead atoms. The van der Waals surface area contributed by atoms with Crippen molar-refractivity contribution in [2.45, 2.75) is 0 Å². The van der Waals surface area contributed by atoms with Crippen molar-refractivity contribution in [3.05, 3.63) is 164 Å². The molecule has 224 valence electrons. The summed E-state index contributed by atoms with van der Waals surface area (Å²) in [5.74, 6) is 0.811. The third kappa shape index (κ3) is 4.08. The summed E-state index contributed by atoms with van der Waals surface area (Å²) in [6.45, 7) is 0. The van der Waals surface area contributed by atoms with Crippen LogP contribution in [0.15, 0.2) is 164 Å². The number of fused-ring (bicyclic) bond motifs is 8. The Labute approximate surface area is 276 Å². The van der Waals surface area contributed by atoms with E-state index in [1.807, 2.05) is 24.3 Å². The van der Waals surface area contributed by atoms with Gasteiger partial charge in [0.05, 0.1) is 39.0 Å². The Morgan fingerprint density at radius 1 is 0.354 bits per heavy atom. The van der Waals surface area contributed by atoms with E-state index in [0.29, 0.717) is 0 Å². The van der Waals surface area contributed by atoms with Crippen molar-refractivity contribution in [2.75, 3.05) is 0 Å². The smallest absolute Gasteiger partial charge is 0.221 e. The van der Waals surface area contributed by atoms with Gasteiger partial charge >= 0.3 is 0 Å². The van der Waals surface area contributed by atoms with Gasteiger partial charge in [0.1, 0.15) is 5.65 Å². The number of imidazole rings is 1. The Morgan fingerprint density at radius 3 is 1.67 bits per heavy atom. The van der Waals surface area contributed by atoms with Crippen LogP contribution in [0.3, 0.4) is 0 Å². The van der Waals surface area contributed by atoms with E-state index < -0.39 is 0 Å². The fourth-order valence-electron chi connectivity index (χ4n) is 7.05. The molecule has 5 nitrogen and oxygen atoms in total. The van der Waals surface area contributed by atoms with E-state index in [1.165, 1.54) is 10.8 Å². The van der Waals surface area contributed by atoms with Crippen LogP contribution >= 0.6 is 0 Å². The van der Waals surface area contributed by atoms with E-state index in [9.17, 15) is 0 Å². The number of pyridine rings is 1. The molecule has 0 saturated carbocycles. The summed E-state index contributed by atoms with van der Waals surface area (Å²) in [5, 5.41) is 3.37. The first-order valence-corrected chi connectivity index (χ1v) is 16.1. The average Bonchev–Trinajstić information content (AvgIpc) is 3.71. The van der Waals surface area contributed by atoms with Gasteiger partial charge in [-0.1, -0.05) is 115 Å². The molecule has 6 aromatic carbocycles. The first-order valence-electron chi connectivity index (χ1n) is 16.1. The highest BCUT2D eigenvalue weighted by Crippen LogP contribution is 2.37. The number of rotatable bonds is 4. The van der Waals surface area contributed by atoms with Crippen LogP contribution in [0, 0.1) is 0 Å². The zero-order valence-corrected chi connectivity index (χ0v) is 25.8. The first kappa shape index (κ1) is 26.6. The number of aromatic nitrogens is 5. The number of hydrogen-bond donors (Lipinski definition) is 0. The molecule has 10 aromatic rings. The second-order valence-corrected chi connectivity index (χ2v) is 12.1. The number of para-hydroxylation sites is 4. The van der Waals surface area contributed by atoms with Crippen LogP contribution in [0.2, 0.25) is 0 Å². The third-order valence-corrected chi connectivity index (χ3v) is 9.30. The Hall–Kier alpha value is -6.59. The van der Waals surface area contributed by atoms with Gasteiger partial charge in [0.15, 0.2) is 0 Å². The molecule has 0 aliphatic heterocycles. The monoisotopic (exact) mass is 613 g/mol. The second-order valence-electron chi connectivity index (χ2n) is 12.1. The third-order valence-electron chi connectivity index (χ3n) is 9.30. The van der Waals surface area contributed by atoms with Gasteiger partial charge in [-0.2, -0.15) is 0 Å². The van der Waals surface area contributed by atoms with Crippen molar-refractivity contribution in [3.8, 4) is 39.6 Å². The lowest BCUT2D eigenvalue weighted by Crippen LogP contribution is -2.06. The molecular formula is C43H27N5. The maximum atomic E-state index is 5.35. The van der Waals surface area contributed by atoms with Gasteiger partial charge in [-0.3, -0.25) is 8.97 Å². The number of nitrogens with zero attached hydrogens (tertiary/aromatic N) is 5. The Morgan fingerprint density at radius 2 is 0.938 bits per heavy atom. The predicted molar refractivity (Wildman–Crippen MR) is 196 cm³/mol. The van der Waals surface area contributed by atoms with E-state index >= 15 is 0 Å². The topological polar surface area (TPSA) is 48.0 Å². The highest BCUT2D eigenvalue weighted by atomic mass is 15.2. The zero-order valence-electron chi connectivity index (χ0n) is 25.8. The highest BCUT2D eigenvalue weighted by Gasteiger charge is 2.20. The van der Waals surface area contributed by atoms with Gasteiger partial charge in [-0.25, -0.2) is 15.0 Å². The summed E-state index contributed by atoms with van der Waals surface area (Å²) in [6.07, 6.45) is 0. The SMILES string of the molecule is c1ccc(-c2cc(-c3ccc4c5ccccc5n(-c5nc6ccccc6c6nc7ccccc7n56)c4c3)cc(-c3ccccc3)n2)cc1. The van der Waals surface area contributed by atoms with Crippen molar-refractivity contribution in [1.82, 2.24) is 23.9 Å². The van der Waals surface area contributed by atoms with E-state index in [1.54, 1.807) is 0 Å². The summed E-state index contributed by atoms with van der Waals surface area (Å²) < 4.78 is 4.52. The Bertz CT molecular complexity index is 2770. The standard InChI is InChI=1S/C43H27N5/c1-3-13-28(14-4-1)37-25-31(26-38(44-37)29-15-5-2-6-16-29)30-23-24-33-32-17-8-11-21-39(32)47(41(33)27-30)43-46-35-19-9-7-18-34(35)42-45-36-20-10-12-22-40(36)48(42)43/h1-27H. The van der Waals surface area contributed by atoms with Crippen molar-refractivity contribution >= 4 is 49.4 Å². The first-order chi connectivity index (χ1) is 23.8. The molecule has 4 heterocycles. The molecule has 10 rings (SSSR count).